The molecule has 1 aromatic heterocycles. The number of nitrogens with two attached hydrogens (primary N) is 1. The Morgan fingerprint density at radius 3 is 2.74 bits per heavy atom. The Hall–Kier alpha value is -3.96. The second-order valence-corrected chi connectivity index (χ2v) is 9.51. The van der Waals surface area contributed by atoms with Crippen molar-refractivity contribution in [1.29, 1.82) is 0 Å². The minimum Gasteiger partial charge on any atom is -0.507 e. The topological polar surface area (TPSA) is 82.3 Å². The molecule has 0 radical (unpaired) electrons. The maximum absolute atomic E-state index is 13.7. The number of carbonyl (C=O) groups excluding carboxylic acids is 1. The summed E-state index contributed by atoms with van der Waals surface area (Å²) in [6.45, 7) is 2.50. The number of aromatic nitrogens is 1. The van der Waals surface area contributed by atoms with E-state index in [0.717, 1.165) is 49.7 Å². The van der Waals surface area contributed by atoms with Gasteiger partial charge in [0.05, 0.1) is 5.69 Å². The number of nitrogen functional groups attached to an aromatic ring is 1. The summed E-state index contributed by atoms with van der Waals surface area (Å²) in [5.41, 5.74) is 12.9. The van der Waals surface area contributed by atoms with Crippen LogP contribution in [0, 0.1) is 6.92 Å². The van der Waals surface area contributed by atoms with Crippen LogP contribution in [0.2, 0.25) is 0 Å². The van der Waals surface area contributed by atoms with E-state index in [1.165, 1.54) is 0 Å². The van der Waals surface area contributed by atoms with E-state index in [1.807, 2.05) is 73.7 Å². The number of hydrogen-bond donors (Lipinski definition) is 3. The summed E-state index contributed by atoms with van der Waals surface area (Å²) in [4.78, 5) is 18.9. The molecule has 0 spiro atoms. The highest BCUT2D eigenvalue weighted by Gasteiger charge is 2.35. The van der Waals surface area contributed by atoms with Crippen molar-refractivity contribution in [2.24, 2.45) is 0 Å². The predicted molar refractivity (Wildman–Crippen MR) is 144 cm³/mol. The van der Waals surface area contributed by atoms with Crippen LogP contribution in [0.15, 0.2) is 72.8 Å². The summed E-state index contributed by atoms with van der Waals surface area (Å²) in [6, 6.07) is 23.0. The number of carbonyl (C=O) groups is 1. The lowest BCUT2D eigenvalue weighted by Gasteiger charge is -2.19. The zero-order chi connectivity index (χ0) is 24.3. The molecular formula is C29H24ClN3O2. The first-order valence-corrected chi connectivity index (χ1v) is 12.1. The molecule has 1 atom stereocenters. The second kappa shape index (κ2) is 8.07. The minimum atomic E-state index is -0.111. The van der Waals surface area contributed by atoms with Gasteiger partial charge < -0.3 is 20.7 Å². The highest BCUT2D eigenvalue weighted by molar-refractivity contribution is 6.19. The fourth-order valence-corrected chi connectivity index (χ4v) is 5.55. The van der Waals surface area contributed by atoms with E-state index in [4.69, 9.17) is 17.3 Å². The summed E-state index contributed by atoms with van der Waals surface area (Å²) in [5, 5.41) is 13.5. The average molecular weight is 482 g/mol. The van der Waals surface area contributed by atoms with Gasteiger partial charge in [0, 0.05) is 57.6 Å². The van der Waals surface area contributed by atoms with Gasteiger partial charge in [-0.3, -0.25) is 4.79 Å². The fourth-order valence-electron chi connectivity index (χ4n) is 5.30. The summed E-state index contributed by atoms with van der Waals surface area (Å²) in [5.74, 6) is 0.444. The van der Waals surface area contributed by atoms with Crippen LogP contribution in [-0.4, -0.2) is 28.4 Å². The molecule has 2 heterocycles. The second-order valence-electron chi connectivity index (χ2n) is 9.20. The van der Waals surface area contributed by atoms with Gasteiger partial charge in [0.2, 0.25) is 0 Å². The Kier molecular flexibility index (Phi) is 4.97. The van der Waals surface area contributed by atoms with Gasteiger partial charge in [0.1, 0.15) is 5.75 Å². The molecule has 1 amide bonds. The molecule has 0 fully saturated rings. The average Bonchev–Trinajstić information content (AvgIpc) is 3.45. The number of rotatable bonds is 3. The maximum Gasteiger partial charge on any atom is 0.258 e. The molecule has 4 aromatic carbocycles. The molecular weight excluding hydrogens is 458 g/mol. The zero-order valence-corrected chi connectivity index (χ0v) is 19.9. The largest absolute Gasteiger partial charge is 0.507 e. The molecule has 0 saturated heterocycles. The fraction of sp³-hybridized carbons (Fsp3) is 0.138. The number of aryl methyl sites for hydroxylation is 1. The number of fused-ring (bicyclic) bond motifs is 4. The first-order valence-electron chi connectivity index (χ1n) is 11.6. The van der Waals surface area contributed by atoms with Crippen LogP contribution in [0.4, 0.5) is 11.4 Å². The number of halogens is 1. The number of anilines is 2. The lowest BCUT2D eigenvalue weighted by molar-refractivity contribution is 0.0988. The Morgan fingerprint density at radius 1 is 1.11 bits per heavy atom. The van der Waals surface area contributed by atoms with Crippen molar-refractivity contribution in [2.75, 3.05) is 23.1 Å². The molecule has 1 aliphatic heterocycles. The molecule has 5 aromatic rings. The monoisotopic (exact) mass is 481 g/mol. The lowest BCUT2D eigenvalue weighted by atomic mass is 9.92. The first kappa shape index (κ1) is 21.6. The van der Waals surface area contributed by atoms with Crippen molar-refractivity contribution in [3.8, 4) is 17.0 Å². The molecule has 1 aliphatic rings. The van der Waals surface area contributed by atoms with Crippen LogP contribution >= 0.6 is 11.6 Å². The Labute approximate surface area is 207 Å². The van der Waals surface area contributed by atoms with E-state index >= 15 is 0 Å². The predicted octanol–water partition coefficient (Wildman–Crippen LogP) is 6.57. The van der Waals surface area contributed by atoms with Crippen LogP contribution in [0.25, 0.3) is 32.9 Å². The Balaban J connectivity index is 1.43. The van der Waals surface area contributed by atoms with E-state index in [9.17, 15) is 9.90 Å². The van der Waals surface area contributed by atoms with Gasteiger partial charge in [-0.15, -0.1) is 11.6 Å². The van der Waals surface area contributed by atoms with Gasteiger partial charge >= 0.3 is 0 Å². The van der Waals surface area contributed by atoms with Crippen molar-refractivity contribution >= 4 is 50.6 Å². The summed E-state index contributed by atoms with van der Waals surface area (Å²) >= 11 is 6.38. The number of hydrogen-bond acceptors (Lipinski definition) is 3. The number of phenolic OH excluding ortho intramolecular Hbond substituents is 1. The van der Waals surface area contributed by atoms with Crippen LogP contribution in [0.1, 0.15) is 27.4 Å². The lowest BCUT2D eigenvalue weighted by Crippen LogP contribution is -2.30. The van der Waals surface area contributed by atoms with Gasteiger partial charge in [0.25, 0.3) is 5.91 Å². The third kappa shape index (κ3) is 3.43. The molecule has 6 rings (SSSR count). The van der Waals surface area contributed by atoms with E-state index in [1.54, 1.807) is 11.0 Å². The highest BCUT2D eigenvalue weighted by atomic mass is 35.5. The normalized spacial score (nSPS) is 15.1. The molecule has 5 nitrogen and oxygen atoms in total. The minimum absolute atomic E-state index is 0.00838. The zero-order valence-electron chi connectivity index (χ0n) is 19.2. The smallest absolute Gasteiger partial charge is 0.258 e. The summed E-state index contributed by atoms with van der Waals surface area (Å²) < 4.78 is 0. The van der Waals surface area contributed by atoms with E-state index in [-0.39, 0.29) is 17.6 Å². The highest BCUT2D eigenvalue weighted by Crippen LogP contribution is 2.46. The van der Waals surface area contributed by atoms with Crippen molar-refractivity contribution < 1.29 is 9.90 Å². The quantitative estimate of drug-likeness (QED) is 0.201. The van der Waals surface area contributed by atoms with Crippen molar-refractivity contribution in [1.82, 2.24) is 4.98 Å². The molecule has 0 saturated carbocycles. The number of phenols is 1. The van der Waals surface area contributed by atoms with Gasteiger partial charge in [-0.2, -0.15) is 0 Å². The number of amides is 1. The molecule has 0 aliphatic carbocycles. The molecule has 174 valence electrons. The van der Waals surface area contributed by atoms with Crippen LogP contribution in [0.5, 0.6) is 5.75 Å². The Morgan fingerprint density at radius 2 is 1.94 bits per heavy atom. The molecule has 6 heteroatoms. The molecule has 35 heavy (non-hydrogen) atoms. The van der Waals surface area contributed by atoms with Gasteiger partial charge in [0.15, 0.2) is 0 Å². The molecule has 4 N–H and O–H groups in total. The number of nitrogens with one attached hydrogen (secondary N) is 1. The first-order chi connectivity index (χ1) is 16.9. The van der Waals surface area contributed by atoms with Crippen LogP contribution in [-0.2, 0) is 0 Å². The van der Waals surface area contributed by atoms with E-state index in [2.05, 4.69) is 4.98 Å². The van der Waals surface area contributed by atoms with Crippen LogP contribution in [0.3, 0.4) is 0 Å². The number of aromatic amines is 1. The molecule has 0 unspecified atom stereocenters. The van der Waals surface area contributed by atoms with Crippen molar-refractivity contribution in [3.63, 3.8) is 0 Å². The number of aromatic hydroxyl groups is 1. The maximum atomic E-state index is 13.7. The standard InChI is InChI=1S/C29H24ClN3O2/c1-16-4-2-7-22-26(34)13-25-28(27(16)22)20(14-30)15-33(25)29(35)18-8-9-23-19(10-18)12-24(32-23)17-5-3-6-21(31)11-17/h2-13,20,32,34H,14-15,31H2,1H3/t20-/m1/s1. The van der Waals surface area contributed by atoms with Crippen molar-refractivity contribution in [2.45, 2.75) is 12.8 Å². The molecule has 0 bridgehead atoms. The number of benzene rings is 4. The Bertz CT molecular complexity index is 1640. The SMILES string of the molecule is Cc1cccc2c(O)cc3c(c12)[C@H](CCl)CN3C(=O)c1ccc2[nH]c(-c3cccc(N)c3)cc2c1. The van der Waals surface area contributed by atoms with Crippen LogP contribution < -0.4 is 10.6 Å². The number of alkyl halides is 1. The third-order valence-electron chi connectivity index (χ3n) is 6.97. The van der Waals surface area contributed by atoms with Gasteiger partial charge in [-0.25, -0.2) is 0 Å². The van der Waals surface area contributed by atoms with E-state index in [0.29, 0.717) is 23.7 Å². The third-order valence-corrected chi connectivity index (χ3v) is 7.34. The summed E-state index contributed by atoms with van der Waals surface area (Å²) in [7, 11) is 0. The summed E-state index contributed by atoms with van der Waals surface area (Å²) in [6.07, 6.45) is 0. The van der Waals surface area contributed by atoms with Gasteiger partial charge in [-0.05, 0) is 65.4 Å². The van der Waals surface area contributed by atoms with Gasteiger partial charge in [-0.1, -0.05) is 30.3 Å². The van der Waals surface area contributed by atoms with E-state index < -0.39 is 0 Å². The number of nitrogens with zero attached hydrogens (tertiary/aromatic N) is 1. The van der Waals surface area contributed by atoms with Crippen molar-refractivity contribution in [3.05, 3.63) is 89.5 Å². The number of H-pyrrole nitrogens is 1.